The lowest BCUT2D eigenvalue weighted by molar-refractivity contribution is -0.145. The predicted molar refractivity (Wildman–Crippen MR) is 84.9 cm³/mol. The topological polar surface area (TPSA) is 51.1 Å². The largest absolute Gasteiger partial charge is 0.475 e. The quantitative estimate of drug-likeness (QED) is 0.846. The summed E-state index contributed by atoms with van der Waals surface area (Å²) in [5.74, 6) is -0.486. The number of nitrogens with zero attached hydrogens (tertiary/aromatic N) is 4. The van der Waals surface area contributed by atoms with Crippen molar-refractivity contribution >= 4 is 0 Å². The van der Waals surface area contributed by atoms with Gasteiger partial charge in [-0.2, -0.15) is 13.2 Å². The summed E-state index contributed by atoms with van der Waals surface area (Å²) in [6.07, 6.45) is -0.912. The zero-order valence-electron chi connectivity index (χ0n) is 14.0. The Hall–Kier alpha value is -2.22. The average molecular weight is 352 g/mol. The first kappa shape index (κ1) is 17.6. The molecule has 8 heteroatoms. The first-order chi connectivity index (χ1) is 11.8. The maximum absolute atomic E-state index is 12.7. The average Bonchev–Trinajstić information content (AvgIpc) is 2.55. The van der Waals surface area contributed by atoms with Crippen LogP contribution in [0.15, 0.2) is 24.5 Å². The molecule has 0 saturated heterocycles. The highest BCUT2D eigenvalue weighted by Gasteiger charge is 2.35. The lowest BCUT2D eigenvalue weighted by Crippen LogP contribution is -2.31. The molecular formula is C17H19F3N4O. The number of ether oxygens (including phenoxy) is 1. The molecule has 134 valence electrons. The van der Waals surface area contributed by atoms with Crippen molar-refractivity contribution < 1.29 is 17.9 Å². The number of halogens is 3. The minimum Gasteiger partial charge on any atom is -0.475 e. The summed E-state index contributed by atoms with van der Waals surface area (Å²) in [6.45, 7) is 5.71. The molecule has 3 rings (SSSR count). The van der Waals surface area contributed by atoms with Crippen LogP contribution in [0.25, 0.3) is 0 Å². The summed E-state index contributed by atoms with van der Waals surface area (Å²) in [7, 11) is 0. The molecule has 0 N–H and O–H groups in total. The Morgan fingerprint density at radius 2 is 2.00 bits per heavy atom. The molecule has 1 aliphatic heterocycles. The Kier molecular flexibility index (Phi) is 4.89. The molecule has 0 fully saturated rings. The molecule has 0 amide bonds. The van der Waals surface area contributed by atoms with Gasteiger partial charge in [-0.25, -0.2) is 15.0 Å². The summed E-state index contributed by atoms with van der Waals surface area (Å²) in [4.78, 5) is 13.5. The van der Waals surface area contributed by atoms with E-state index < -0.39 is 12.0 Å². The van der Waals surface area contributed by atoms with E-state index in [1.54, 1.807) is 6.20 Å². The van der Waals surface area contributed by atoms with E-state index in [1.807, 2.05) is 26.0 Å². The van der Waals surface area contributed by atoms with Gasteiger partial charge in [-0.05, 0) is 19.4 Å². The SMILES string of the molecule is CC(C)Oc1ccc(CN2CCc3nc(C(F)(F)F)ncc3C2)cn1. The predicted octanol–water partition coefficient (Wildman–Crippen LogP) is 3.24. The Labute approximate surface area is 143 Å². The number of pyridine rings is 1. The van der Waals surface area contributed by atoms with Crippen LogP contribution in [-0.2, 0) is 25.7 Å². The van der Waals surface area contributed by atoms with Gasteiger partial charge in [-0.15, -0.1) is 0 Å². The van der Waals surface area contributed by atoms with E-state index in [0.29, 0.717) is 37.6 Å². The van der Waals surface area contributed by atoms with Crippen LogP contribution in [0.5, 0.6) is 5.88 Å². The Bertz CT molecular complexity index is 732. The fourth-order valence-electron chi connectivity index (χ4n) is 2.72. The summed E-state index contributed by atoms with van der Waals surface area (Å²) in [5.41, 5.74) is 2.25. The van der Waals surface area contributed by atoms with Crippen molar-refractivity contribution in [1.29, 1.82) is 0 Å². The first-order valence-electron chi connectivity index (χ1n) is 8.07. The second kappa shape index (κ2) is 6.95. The van der Waals surface area contributed by atoms with E-state index >= 15 is 0 Å². The summed E-state index contributed by atoms with van der Waals surface area (Å²) in [6, 6.07) is 3.77. The molecule has 3 heterocycles. The van der Waals surface area contributed by atoms with Crippen molar-refractivity contribution in [3.05, 3.63) is 47.2 Å². The summed E-state index contributed by atoms with van der Waals surface area (Å²) >= 11 is 0. The summed E-state index contributed by atoms with van der Waals surface area (Å²) in [5, 5.41) is 0. The van der Waals surface area contributed by atoms with Crippen LogP contribution in [0.1, 0.15) is 36.5 Å². The van der Waals surface area contributed by atoms with Gasteiger partial charge < -0.3 is 4.74 Å². The van der Waals surface area contributed by atoms with Gasteiger partial charge in [-0.1, -0.05) is 6.07 Å². The van der Waals surface area contributed by atoms with Crippen LogP contribution in [0.4, 0.5) is 13.2 Å². The molecule has 0 aliphatic carbocycles. The molecule has 0 aromatic carbocycles. The number of hydrogen-bond acceptors (Lipinski definition) is 5. The van der Waals surface area contributed by atoms with Crippen molar-refractivity contribution in [2.24, 2.45) is 0 Å². The van der Waals surface area contributed by atoms with Gasteiger partial charge in [-0.3, -0.25) is 4.90 Å². The lowest BCUT2D eigenvalue weighted by Gasteiger charge is -2.28. The van der Waals surface area contributed by atoms with Crippen LogP contribution < -0.4 is 4.74 Å². The standard InChI is InChI=1S/C17H19F3N4O/c1-11(2)25-15-4-3-12(7-21-15)9-24-6-5-14-13(10-24)8-22-16(23-14)17(18,19)20/h3-4,7-8,11H,5-6,9-10H2,1-2H3. The number of rotatable bonds is 4. The van der Waals surface area contributed by atoms with E-state index in [4.69, 9.17) is 4.74 Å². The van der Waals surface area contributed by atoms with Gasteiger partial charge in [0.1, 0.15) is 0 Å². The van der Waals surface area contributed by atoms with Crippen molar-refractivity contribution in [3.8, 4) is 5.88 Å². The molecule has 0 atom stereocenters. The Morgan fingerprint density at radius 1 is 1.20 bits per heavy atom. The third kappa shape index (κ3) is 4.45. The minimum atomic E-state index is -4.50. The number of hydrogen-bond donors (Lipinski definition) is 0. The van der Waals surface area contributed by atoms with Gasteiger partial charge >= 0.3 is 6.18 Å². The fraction of sp³-hybridized carbons (Fsp3) is 0.471. The number of aromatic nitrogens is 3. The highest BCUT2D eigenvalue weighted by atomic mass is 19.4. The van der Waals surface area contributed by atoms with E-state index in [2.05, 4.69) is 19.9 Å². The number of alkyl halides is 3. The lowest BCUT2D eigenvalue weighted by atomic mass is 10.1. The summed E-state index contributed by atoms with van der Waals surface area (Å²) < 4.78 is 43.6. The maximum Gasteiger partial charge on any atom is 0.451 e. The van der Waals surface area contributed by atoms with Crippen molar-refractivity contribution in [2.45, 2.75) is 45.6 Å². The zero-order chi connectivity index (χ0) is 18.0. The molecule has 25 heavy (non-hydrogen) atoms. The molecular weight excluding hydrogens is 333 g/mol. The third-order valence-corrected chi connectivity index (χ3v) is 3.83. The van der Waals surface area contributed by atoms with Gasteiger partial charge in [0, 0.05) is 50.1 Å². The van der Waals surface area contributed by atoms with E-state index in [1.165, 1.54) is 6.20 Å². The van der Waals surface area contributed by atoms with Crippen LogP contribution in [0.2, 0.25) is 0 Å². The molecule has 0 unspecified atom stereocenters. The van der Waals surface area contributed by atoms with Crippen LogP contribution in [0, 0.1) is 0 Å². The number of fused-ring (bicyclic) bond motifs is 1. The minimum absolute atomic E-state index is 0.0681. The highest BCUT2D eigenvalue weighted by Crippen LogP contribution is 2.28. The first-order valence-corrected chi connectivity index (χ1v) is 8.07. The van der Waals surface area contributed by atoms with E-state index in [0.717, 1.165) is 11.1 Å². The zero-order valence-corrected chi connectivity index (χ0v) is 14.0. The molecule has 2 aromatic rings. The van der Waals surface area contributed by atoms with E-state index in [-0.39, 0.29) is 6.10 Å². The third-order valence-electron chi connectivity index (χ3n) is 3.83. The Balaban J connectivity index is 1.65. The van der Waals surface area contributed by atoms with Gasteiger partial charge in [0.15, 0.2) is 0 Å². The van der Waals surface area contributed by atoms with Crippen molar-refractivity contribution in [3.63, 3.8) is 0 Å². The maximum atomic E-state index is 12.7. The second-order valence-electron chi connectivity index (χ2n) is 6.30. The molecule has 0 saturated carbocycles. The molecule has 0 spiro atoms. The van der Waals surface area contributed by atoms with Crippen LogP contribution in [-0.4, -0.2) is 32.5 Å². The molecule has 1 aliphatic rings. The van der Waals surface area contributed by atoms with Crippen molar-refractivity contribution in [1.82, 2.24) is 19.9 Å². The molecule has 2 aromatic heterocycles. The molecule has 0 radical (unpaired) electrons. The Morgan fingerprint density at radius 3 is 2.64 bits per heavy atom. The van der Waals surface area contributed by atoms with E-state index in [9.17, 15) is 13.2 Å². The monoisotopic (exact) mass is 352 g/mol. The normalized spacial score (nSPS) is 15.3. The fourth-order valence-corrected chi connectivity index (χ4v) is 2.72. The van der Waals surface area contributed by atoms with Crippen LogP contribution >= 0.6 is 0 Å². The van der Waals surface area contributed by atoms with Gasteiger partial charge in [0.2, 0.25) is 11.7 Å². The van der Waals surface area contributed by atoms with Gasteiger partial charge in [0.25, 0.3) is 0 Å². The molecule has 0 bridgehead atoms. The highest BCUT2D eigenvalue weighted by molar-refractivity contribution is 5.23. The van der Waals surface area contributed by atoms with Gasteiger partial charge in [0.05, 0.1) is 11.8 Å². The van der Waals surface area contributed by atoms with Crippen molar-refractivity contribution in [2.75, 3.05) is 6.54 Å². The smallest absolute Gasteiger partial charge is 0.451 e. The van der Waals surface area contributed by atoms with Crippen LogP contribution in [0.3, 0.4) is 0 Å². The molecule has 5 nitrogen and oxygen atoms in total. The second-order valence-corrected chi connectivity index (χ2v) is 6.30.